The standard InChI is InChI=1S/C28H54N8O12/c1-23(2,19(45)29-8-10-37)33-34-26(7,22(48)30-9-11-38)12-36(25(5,6)21(47)32-28(16-42,17-43)18-44)35-24(3,4)20(46)31-27(13-39,14-40)15-41/h37-44H,8-18H2,1-7H3,(H3-,29,30,31,32,45,46,47,48)/p+1. The number of aliphatic hydroxyl groups is 8. The van der Waals surface area contributed by atoms with Gasteiger partial charge in [0.15, 0.2) is 11.1 Å². The van der Waals surface area contributed by atoms with E-state index in [1.807, 2.05) is 0 Å². The summed E-state index contributed by atoms with van der Waals surface area (Å²) in [4.78, 5) is 53.4. The van der Waals surface area contributed by atoms with Crippen LogP contribution in [0.5, 0.6) is 0 Å². The monoisotopic (exact) mass is 695 g/mol. The quantitative estimate of drug-likeness (QED) is 0.0374. The van der Waals surface area contributed by atoms with Gasteiger partial charge in [-0.2, -0.15) is 10.2 Å². The first-order valence-electron chi connectivity index (χ1n) is 15.1. The third-order valence-electron chi connectivity index (χ3n) is 7.52. The van der Waals surface area contributed by atoms with Crippen LogP contribution in [-0.2, 0) is 19.2 Å². The zero-order valence-corrected chi connectivity index (χ0v) is 28.8. The third-order valence-corrected chi connectivity index (χ3v) is 7.52. The van der Waals surface area contributed by atoms with Crippen LogP contribution < -0.4 is 21.3 Å². The van der Waals surface area contributed by atoms with E-state index in [0.717, 1.165) is 4.70 Å². The molecule has 0 radical (unpaired) electrons. The minimum atomic E-state index is -2.01. The van der Waals surface area contributed by atoms with Crippen LogP contribution in [-0.4, -0.2) is 175 Å². The Bertz CT molecular complexity index is 1140. The number of hydrogen-bond acceptors (Lipinski definition) is 15. The first kappa shape index (κ1) is 44.8. The minimum absolute atomic E-state index is 0.0831. The van der Waals surface area contributed by atoms with Crippen LogP contribution in [0, 0.1) is 0 Å². The molecule has 48 heavy (non-hydrogen) atoms. The van der Waals surface area contributed by atoms with Gasteiger partial charge in [-0.05, 0) is 39.7 Å². The second kappa shape index (κ2) is 18.5. The summed E-state index contributed by atoms with van der Waals surface area (Å²) in [5, 5.41) is 99.4. The van der Waals surface area contributed by atoms with E-state index in [2.05, 4.69) is 36.6 Å². The largest absolute Gasteiger partial charge is 0.395 e. The van der Waals surface area contributed by atoms with Crippen molar-refractivity contribution in [1.29, 1.82) is 0 Å². The molecule has 0 aromatic rings. The maximum atomic E-state index is 13.7. The van der Waals surface area contributed by atoms with E-state index in [9.17, 15) is 54.9 Å². The topological polar surface area (TPSA) is 318 Å². The Morgan fingerprint density at radius 1 is 0.542 bits per heavy atom. The van der Waals surface area contributed by atoms with Crippen LogP contribution >= 0.6 is 0 Å². The predicted molar refractivity (Wildman–Crippen MR) is 168 cm³/mol. The Labute approximate surface area is 279 Å². The number of nitrogens with one attached hydrogen (secondary N) is 4. The molecule has 0 aliphatic heterocycles. The lowest BCUT2D eigenvalue weighted by Crippen LogP contribution is -2.65. The van der Waals surface area contributed by atoms with Crippen LogP contribution in [0.1, 0.15) is 48.5 Å². The number of carbonyl (C=O) groups is 4. The van der Waals surface area contributed by atoms with Crippen LogP contribution in [0.2, 0.25) is 0 Å². The normalized spacial score (nSPS) is 14.8. The number of hydrogen-bond donors (Lipinski definition) is 12. The van der Waals surface area contributed by atoms with Crippen molar-refractivity contribution in [3.63, 3.8) is 0 Å². The molecule has 1 atom stereocenters. The van der Waals surface area contributed by atoms with Crippen LogP contribution in [0.25, 0.3) is 0 Å². The van der Waals surface area contributed by atoms with Crippen molar-refractivity contribution in [2.45, 2.75) is 81.7 Å². The first-order valence-corrected chi connectivity index (χ1v) is 15.1. The highest BCUT2D eigenvalue weighted by Gasteiger charge is 2.52. The molecule has 0 bridgehead atoms. The van der Waals surface area contributed by atoms with E-state index in [0.29, 0.717) is 0 Å². The van der Waals surface area contributed by atoms with Gasteiger partial charge in [-0.1, -0.05) is 0 Å². The zero-order valence-electron chi connectivity index (χ0n) is 28.8. The van der Waals surface area contributed by atoms with Crippen molar-refractivity contribution in [3.05, 3.63) is 0 Å². The van der Waals surface area contributed by atoms with E-state index < -0.39 is 110 Å². The van der Waals surface area contributed by atoms with E-state index in [1.54, 1.807) is 0 Å². The van der Waals surface area contributed by atoms with E-state index in [-0.39, 0.29) is 19.7 Å². The molecule has 0 fully saturated rings. The molecular formula is C28H55N8O12+. The molecule has 0 aliphatic rings. The molecule has 0 saturated carbocycles. The van der Waals surface area contributed by atoms with Gasteiger partial charge in [0.25, 0.3) is 23.3 Å². The van der Waals surface area contributed by atoms with Crippen LogP contribution in [0.15, 0.2) is 15.3 Å². The molecule has 0 saturated heterocycles. The van der Waals surface area contributed by atoms with E-state index >= 15 is 0 Å². The van der Waals surface area contributed by atoms with Gasteiger partial charge in [0.2, 0.25) is 18.0 Å². The smallest absolute Gasteiger partial charge is 0.294 e. The molecule has 0 rings (SSSR count). The molecule has 0 aliphatic carbocycles. The van der Waals surface area contributed by atoms with Crippen molar-refractivity contribution in [3.8, 4) is 0 Å². The Morgan fingerprint density at radius 3 is 1.33 bits per heavy atom. The van der Waals surface area contributed by atoms with E-state index in [4.69, 9.17) is 5.11 Å². The summed E-state index contributed by atoms with van der Waals surface area (Å²) in [6, 6.07) is 0. The summed E-state index contributed by atoms with van der Waals surface area (Å²) >= 11 is 0. The zero-order chi connectivity index (χ0) is 37.6. The van der Waals surface area contributed by atoms with Crippen molar-refractivity contribution < 1.29 is 64.7 Å². The third kappa shape index (κ3) is 11.7. The molecule has 12 N–H and O–H groups in total. The molecule has 4 amide bonds. The molecule has 20 nitrogen and oxygen atoms in total. The summed E-state index contributed by atoms with van der Waals surface area (Å²) < 4.78 is 0.994. The summed E-state index contributed by atoms with van der Waals surface area (Å²) in [6.45, 7) is 2.32. The van der Waals surface area contributed by atoms with Crippen molar-refractivity contribution in [2.75, 3.05) is 72.5 Å². The highest BCUT2D eigenvalue weighted by atomic mass is 16.3. The molecule has 0 aromatic heterocycles. The second-order valence-corrected chi connectivity index (χ2v) is 13.2. The maximum absolute atomic E-state index is 13.7. The Morgan fingerprint density at radius 2 is 0.938 bits per heavy atom. The second-order valence-electron chi connectivity index (χ2n) is 13.2. The fourth-order valence-electron chi connectivity index (χ4n) is 3.61. The summed E-state index contributed by atoms with van der Waals surface area (Å²) in [5.74, 6) is -3.38. The fourth-order valence-corrected chi connectivity index (χ4v) is 3.61. The summed E-state index contributed by atoms with van der Waals surface area (Å²) in [5.41, 5.74) is -11.1. The van der Waals surface area contributed by atoms with Crippen molar-refractivity contribution in [2.24, 2.45) is 15.3 Å². The van der Waals surface area contributed by atoms with Gasteiger partial charge < -0.3 is 62.1 Å². The lowest BCUT2D eigenvalue weighted by atomic mass is 9.95. The maximum Gasteiger partial charge on any atom is 0.294 e. The number of aliphatic hydroxyl groups excluding tert-OH is 8. The predicted octanol–water partition coefficient (Wildman–Crippen LogP) is -5.12. The highest BCUT2D eigenvalue weighted by molar-refractivity contribution is 5.88. The molecule has 1 unspecified atom stereocenters. The SMILES string of the molecule is CC(C)(N=NC(C)(C[N+](=NC(C)(C)C(=O)NC(CO)(CO)CO)C(C)(C)C(=O)NC(CO)(CO)CO)C(=O)NCCO)C(=O)NCCO. The Kier molecular flexibility index (Phi) is 17.3. The van der Waals surface area contributed by atoms with Crippen LogP contribution in [0.3, 0.4) is 0 Å². The van der Waals surface area contributed by atoms with Gasteiger partial charge in [0.05, 0.1) is 52.9 Å². The van der Waals surface area contributed by atoms with Crippen molar-refractivity contribution in [1.82, 2.24) is 21.3 Å². The number of azo groups is 3. The van der Waals surface area contributed by atoms with Gasteiger partial charge in [0.1, 0.15) is 11.1 Å². The summed E-state index contributed by atoms with van der Waals surface area (Å²) in [7, 11) is 0. The molecular weight excluding hydrogens is 640 g/mol. The number of rotatable bonds is 22. The average molecular weight is 696 g/mol. The molecule has 0 spiro atoms. The number of amides is 4. The Hall–Kier alpha value is -3.24. The summed E-state index contributed by atoms with van der Waals surface area (Å²) in [6.07, 6.45) is 0. The average Bonchev–Trinajstić information content (AvgIpc) is 3.05. The minimum Gasteiger partial charge on any atom is -0.395 e. The molecule has 0 heterocycles. The number of carbonyl (C=O) groups excluding carboxylic acids is 4. The fraction of sp³-hybridized carbons (Fsp3) is 0.857. The van der Waals surface area contributed by atoms with Gasteiger partial charge in [-0.15, -0.1) is 4.70 Å². The molecule has 20 heteroatoms. The Balaban J connectivity index is 7.44. The van der Waals surface area contributed by atoms with Gasteiger partial charge >= 0.3 is 0 Å². The lowest BCUT2D eigenvalue weighted by molar-refractivity contribution is -0.653. The van der Waals surface area contributed by atoms with Crippen LogP contribution in [0.4, 0.5) is 0 Å². The number of nitrogens with zero attached hydrogens (tertiary/aromatic N) is 4. The van der Waals surface area contributed by atoms with E-state index in [1.165, 1.54) is 48.5 Å². The van der Waals surface area contributed by atoms with Gasteiger partial charge in [0, 0.05) is 26.9 Å². The van der Waals surface area contributed by atoms with Gasteiger partial charge in [-0.25, -0.2) is 0 Å². The lowest BCUT2D eigenvalue weighted by Gasteiger charge is -2.34. The molecule has 278 valence electrons. The highest BCUT2D eigenvalue weighted by Crippen LogP contribution is 2.25. The first-order chi connectivity index (χ1) is 22.1. The van der Waals surface area contributed by atoms with Crippen molar-refractivity contribution >= 4 is 23.6 Å². The van der Waals surface area contributed by atoms with Gasteiger partial charge in [-0.3, -0.25) is 19.2 Å². The molecule has 0 aromatic carbocycles.